The molecule has 0 bridgehead atoms. The predicted molar refractivity (Wildman–Crippen MR) is 129 cm³/mol. The summed E-state index contributed by atoms with van der Waals surface area (Å²) in [7, 11) is 4.05. The lowest BCUT2D eigenvalue weighted by Gasteiger charge is -2.29. The highest BCUT2D eigenvalue weighted by Gasteiger charge is 2.22. The Hall–Kier alpha value is -1.64. The minimum atomic E-state index is 0.425. The largest absolute Gasteiger partial charge is 0.452 e. The Bertz CT molecular complexity index is 979. The van der Waals surface area contributed by atoms with Gasteiger partial charge in [0, 0.05) is 25.5 Å². The Labute approximate surface area is 194 Å². The Morgan fingerprint density at radius 3 is 2.57 bits per heavy atom. The second kappa shape index (κ2) is 9.66. The van der Waals surface area contributed by atoms with E-state index in [1.807, 2.05) is 43.3 Å². The van der Waals surface area contributed by atoms with Crippen LogP contribution in [0.3, 0.4) is 0 Å². The van der Waals surface area contributed by atoms with E-state index in [1.165, 1.54) is 12.8 Å². The number of hydrogen-bond acceptors (Lipinski definition) is 6. The maximum atomic E-state index is 5.62. The molecule has 0 spiro atoms. The number of nitrogens with zero attached hydrogens (tertiary/aromatic N) is 3. The highest BCUT2D eigenvalue weighted by atomic mass is 79.9. The van der Waals surface area contributed by atoms with Gasteiger partial charge in [0.1, 0.15) is 11.6 Å². The summed E-state index contributed by atoms with van der Waals surface area (Å²) in [6.45, 7) is 1.76. The fourth-order valence-corrected chi connectivity index (χ4v) is 4.70. The molecule has 30 heavy (non-hydrogen) atoms. The van der Waals surface area contributed by atoms with Crippen LogP contribution in [-0.4, -0.2) is 36.6 Å². The molecule has 0 atom stereocenters. The summed E-state index contributed by atoms with van der Waals surface area (Å²) in [5.41, 5.74) is 0.979. The Morgan fingerprint density at radius 2 is 1.87 bits per heavy atom. The second-order valence-corrected chi connectivity index (χ2v) is 9.68. The fourth-order valence-electron chi connectivity index (χ4n) is 4.04. The highest BCUT2D eigenvalue weighted by Crippen LogP contribution is 2.29. The van der Waals surface area contributed by atoms with Crippen molar-refractivity contribution in [2.75, 3.05) is 30.9 Å². The van der Waals surface area contributed by atoms with E-state index >= 15 is 0 Å². The van der Waals surface area contributed by atoms with Gasteiger partial charge in [-0.2, -0.15) is 4.98 Å². The molecule has 0 saturated heterocycles. The monoisotopic (exact) mass is 535 g/mol. The molecule has 0 amide bonds. The van der Waals surface area contributed by atoms with Crippen LogP contribution in [0.5, 0.6) is 0 Å². The first-order valence-corrected chi connectivity index (χ1v) is 11.9. The smallest absolute Gasteiger partial charge is 0.225 e. The molecule has 4 rings (SSSR count). The number of furan rings is 1. The molecule has 2 N–H and O–H groups in total. The third kappa shape index (κ3) is 5.15. The number of rotatable bonds is 7. The zero-order valence-electron chi connectivity index (χ0n) is 17.3. The van der Waals surface area contributed by atoms with Crippen molar-refractivity contribution < 1.29 is 4.42 Å². The van der Waals surface area contributed by atoms with E-state index in [1.54, 1.807) is 0 Å². The van der Waals surface area contributed by atoms with Crippen molar-refractivity contribution in [2.45, 2.75) is 38.3 Å². The van der Waals surface area contributed by atoms with Gasteiger partial charge in [0.2, 0.25) is 5.95 Å². The minimum absolute atomic E-state index is 0.425. The van der Waals surface area contributed by atoms with Crippen molar-refractivity contribution in [1.82, 2.24) is 15.3 Å². The average Bonchev–Trinajstić information content (AvgIpc) is 3.06. The molecule has 1 aliphatic carbocycles. The Kier molecular flexibility index (Phi) is 6.95. The van der Waals surface area contributed by atoms with E-state index in [4.69, 9.17) is 14.4 Å². The van der Waals surface area contributed by atoms with E-state index < -0.39 is 0 Å². The molecule has 3 aromatic rings. The van der Waals surface area contributed by atoms with Gasteiger partial charge in [-0.05, 0) is 88.2 Å². The van der Waals surface area contributed by atoms with Crippen LogP contribution in [0.25, 0.3) is 10.9 Å². The molecule has 0 aliphatic heterocycles. The molecule has 0 unspecified atom stereocenters. The number of anilines is 2. The number of nitrogens with one attached hydrogen (secondary N) is 2. The lowest BCUT2D eigenvalue weighted by molar-refractivity contribution is 0.319. The van der Waals surface area contributed by atoms with Gasteiger partial charge < -0.3 is 20.0 Å². The lowest BCUT2D eigenvalue weighted by Crippen LogP contribution is -2.31. The standard InChI is InChI=1S/C22H27Br2N5O/c1-29(2)21-17-5-3-4-6-19(17)27-22(28-21)26-15-9-7-14(8-10-15)12-25-13-16-11-18(23)20(24)30-16/h3-6,11,14-15,25H,7-10,12-13H2,1-2H3,(H,26,27,28)/t14-,15+. The molecule has 1 aromatic carbocycles. The Balaban J connectivity index is 1.29. The van der Waals surface area contributed by atoms with Gasteiger partial charge in [-0.15, -0.1) is 0 Å². The maximum Gasteiger partial charge on any atom is 0.225 e. The zero-order valence-corrected chi connectivity index (χ0v) is 20.5. The van der Waals surface area contributed by atoms with Crippen molar-refractivity contribution in [3.8, 4) is 0 Å². The molecule has 160 valence electrons. The van der Waals surface area contributed by atoms with Crippen molar-refractivity contribution >= 4 is 54.5 Å². The van der Waals surface area contributed by atoms with Gasteiger partial charge in [-0.1, -0.05) is 12.1 Å². The van der Waals surface area contributed by atoms with Crippen LogP contribution in [0.1, 0.15) is 31.4 Å². The van der Waals surface area contributed by atoms with Crippen LogP contribution in [0, 0.1) is 5.92 Å². The van der Waals surface area contributed by atoms with E-state index in [0.29, 0.717) is 12.0 Å². The SMILES string of the molecule is CN(C)c1nc(N[C@H]2CC[C@@H](CNCc3cc(Br)c(Br)o3)CC2)nc2ccccc12. The first kappa shape index (κ1) is 21.6. The number of benzene rings is 1. The molecule has 1 fully saturated rings. The third-order valence-corrected chi connectivity index (χ3v) is 7.33. The predicted octanol–water partition coefficient (Wildman–Crippen LogP) is 5.57. The van der Waals surface area contributed by atoms with E-state index in [0.717, 1.165) is 63.5 Å². The maximum absolute atomic E-state index is 5.62. The molecule has 8 heteroatoms. The van der Waals surface area contributed by atoms with Gasteiger partial charge in [0.05, 0.1) is 16.5 Å². The third-order valence-electron chi connectivity index (χ3n) is 5.62. The summed E-state index contributed by atoms with van der Waals surface area (Å²) < 4.78 is 7.33. The van der Waals surface area contributed by atoms with Crippen molar-refractivity contribution in [3.63, 3.8) is 0 Å². The molecule has 1 saturated carbocycles. The number of halogens is 2. The summed E-state index contributed by atoms with van der Waals surface area (Å²) in [4.78, 5) is 11.6. The number of hydrogen-bond donors (Lipinski definition) is 2. The van der Waals surface area contributed by atoms with Crippen molar-refractivity contribution in [3.05, 3.63) is 45.2 Å². The molecular weight excluding hydrogens is 510 g/mol. The van der Waals surface area contributed by atoms with E-state index in [9.17, 15) is 0 Å². The van der Waals surface area contributed by atoms with Crippen LogP contribution in [0.2, 0.25) is 0 Å². The summed E-state index contributed by atoms with van der Waals surface area (Å²) in [6.07, 6.45) is 4.67. The van der Waals surface area contributed by atoms with Crippen LogP contribution < -0.4 is 15.5 Å². The molecular formula is C22H27Br2N5O. The lowest BCUT2D eigenvalue weighted by atomic mass is 9.86. The van der Waals surface area contributed by atoms with Crippen molar-refractivity contribution in [2.24, 2.45) is 5.92 Å². The summed E-state index contributed by atoms with van der Waals surface area (Å²) in [5, 5.41) is 8.20. The van der Waals surface area contributed by atoms with Crippen LogP contribution in [-0.2, 0) is 6.54 Å². The van der Waals surface area contributed by atoms with Crippen LogP contribution in [0.15, 0.2) is 43.9 Å². The second-order valence-electron chi connectivity index (χ2n) is 8.11. The fraction of sp³-hybridized carbons (Fsp3) is 0.455. The van der Waals surface area contributed by atoms with Crippen molar-refractivity contribution in [1.29, 1.82) is 0 Å². The zero-order chi connectivity index (χ0) is 21.1. The van der Waals surface area contributed by atoms with Crippen LogP contribution in [0.4, 0.5) is 11.8 Å². The quantitative estimate of drug-likeness (QED) is 0.411. The highest BCUT2D eigenvalue weighted by molar-refractivity contribution is 9.13. The average molecular weight is 537 g/mol. The molecule has 6 nitrogen and oxygen atoms in total. The van der Waals surface area contributed by atoms with E-state index in [2.05, 4.69) is 48.6 Å². The van der Waals surface area contributed by atoms with E-state index in [-0.39, 0.29) is 0 Å². The number of fused-ring (bicyclic) bond motifs is 1. The van der Waals surface area contributed by atoms with Crippen LogP contribution >= 0.6 is 31.9 Å². The Morgan fingerprint density at radius 1 is 1.10 bits per heavy atom. The minimum Gasteiger partial charge on any atom is -0.452 e. The summed E-state index contributed by atoms with van der Waals surface area (Å²) in [6, 6.07) is 10.6. The molecule has 2 aromatic heterocycles. The molecule has 1 aliphatic rings. The molecule has 0 radical (unpaired) electrons. The van der Waals surface area contributed by atoms with Gasteiger partial charge >= 0.3 is 0 Å². The summed E-state index contributed by atoms with van der Waals surface area (Å²) in [5.74, 6) is 3.32. The number of para-hydroxylation sites is 1. The van der Waals surface area contributed by atoms with Gasteiger partial charge in [-0.25, -0.2) is 4.98 Å². The van der Waals surface area contributed by atoms with Gasteiger partial charge in [0.15, 0.2) is 4.67 Å². The first-order chi connectivity index (χ1) is 14.5. The number of aromatic nitrogens is 2. The normalized spacial score (nSPS) is 19.2. The van der Waals surface area contributed by atoms with Gasteiger partial charge in [-0.3, -0.25) is 0 Å². The topological polar surface area (TPSA) is 66.2 Å². The molecule has 2 heterocycles. The van der Waals surface area contributed by atoms with Gasteiger partial charge in [0.25, 0.3) is 0 Å². The first-order valence-electron chi connectivity index (χ1n) is 10.3. The summed E-state index contributed by atoms with van der Waals surface area (Å²) >= 11 is 6.84.